The molecule has 0 N–H and O–H groups in total. The Bertz CT molecular complexity index is 715. The summed E-state index contributed by atoms with van der Waals surface area (Å²) >= 11 is 0. The summed E-state index contributed by atoms with van der Waals surface area (Å²) in [6, 6.07) is 9.09. The zero-order valence-corrected chi connectivity index (χ0v) is 15.5. The number of amides is 2. The Hall–Kier alpha value is -2.39. The standard InChI is InChI=1S/C20H25N3O3/c1-13(2)23-17(18(26-3)20(23)25)15-8-10-22(11-9-15)19(24)16-6-4-14(12-21)5-7-16/h4-7,13,15,17-18H,8-11H2,1-3H3/t17-,18+/m0/s1. The fourth-order valence-corrected chi connectivity index (χ4v) is 4.13. The highest BCUT2D eigenvalue weighted by atomic mass is 16.5. The van der Waals surface area contributed by atoms with Crippen molar-refractivity contribution < 1.29 is 14.3 Å². The van der Waals surface area contributed by atoms with E-state index in [4.69, 9.17) is 10.00 Å². The van der Waals surface area contributed by atoms with Crippen LogP contribution >= 0.6 is 0 Å². The third-order valence-corrected chi connectivity index (χ3v) is 5.51. The van der Waals surface area contributed by atoms with E-state index < -0.39 is 0 Å². The minimum atomic E-state index is -0.344. The lowest BCUT2D eigenvalue weighted by molar-refractivity contribution is -0.181. The number of benzene rings is 1. The molecule has 0 aliphatic carbocycles. The van der Waals surface area contributed by atoms with Gasteiger partial charge in [-0.2, -0.15) is 5.26 Å². The van der Waals surface area contributed by atoms with Gasteiger partial charge < -0.3 is 14.5 Å². The molecule has 1 aromatic carbocycles. The molecule has 2 heterocycles. The summed E-state index contributed by atoms with van der Waals surface area (Å²) in [7, 11) is 1.59. The molecule has 0 unspecified atom stereocenters. The molecule has 2 amide bonds. The van der Waals surface area contributed by atoms with Crippen LogP contribution in [-0.2, 0) is 9.53 Å². The normalized spacial score (nSPS) is 23.7. The van der Waals surface area contributed by atoms with Crippen LogP contribution in [0.15, 0.2) is 24.3 Å². The quantitative estimate of drug-likeness (QED) is 0.775. The summed E-state index contributed by atoms with van der Waals surface area (Å²) in [5.41, 5.74) is 1.16. The zero-order valence-electron chi connectivity index (χ0n) is 15.5. The van der Waals surface area contributed by atoms with E-state index >= 15 is 0 Å². The molecule has 2 fully saturated rings. The topological polar surface area (TPSA) is 73.6 Å². The molecule has 3 rings (SSSR count). The Balaban J connectivity index is 1.62. The molecule has 1 aromatic rings. The number of rotatable bonds is 4. The maximum atomic E-state index is 12.7. The van der Waals surface area contributed by atoms with Crippen LogP contribution in [0.1, 0.15) is 42.6 Å². The molecule has 0 aromatic heterocycles. The Morgan fingerprint density at radius 1 is 1.23 bits per heavy atom. The van der Waals surface area contributed by atoms with Crippen molar-refractivity contribution in [3.63, 3.8) is 0 Å². The number of piperidine rings is 1. The first-order chi connectivity index (χ1) is 12.5. The minimum Gasteiger partial charge on any atom is -0.369 e. The number of carbonyl (C=O) groups excluding carboxylic acids is 2. The van der Waals surface area contributed by atoms with E-state index in [1.807, 2.05) is 23.6 Å². The predicted molar refractivity (Wildman–Crippen MR) is 96.4 cm³/mol. The molecule has 6 heteroatoms. The van der Waals surface area contributed by atoms with Gasteiger partial charge in [0, 0.05) is 31.8 Å². The fourth-order valence-electron chi connectivity index (χ4n) is 4.13. The molecule has 26 heavy (non-hydrogen) atoms. The second-order valence-electron chi connectivity index (χ2n) is 7.30. The minimum absolute atomic E-state index is 0.00151. The van der Waals surface area contributed by atoms with Gasteiger partial charge in [-0.15, -0.1) is 0 Å². The highest BCUT2D eigenvalue weighted by molar-refractivity contribution is 5.94. The van der Waals surface area contributed by atoms with Crippen LogP contribution in [0.5, 0.6) is 0 Å². The van der Waals surface area contributed by atoms with Crippen LogP contribution in [-0.4, -0.2) is 60.0 Å². The van der Waals surface area contributed by atoms with E-state index in [0.29, 0.717) is 30.1 Å². The molecular formula is C20H25N3O3. The predicted octanol–water partition coefficient (Wildman–Crippen LogP) is 2.04. The van der Waals surface area contributed by atoms with Crippen LogP contribution in [0.3, 0.4) is 0 Å². The van der Waals surface area contributed by atoms with Crippen molar-refractivity contribution in [2.24, 2.45) is 5.92 Å². The molecule has 2 saturated heterocycles. The van der Waals surface area contributed by atoms with Crippen molar-refractivity contribution in [2.45, 2.75) is 44.9 Å². The van der Waals surface area contributed by atoms with Gasteiger partial charge in [0.15, 0.2) is 6.10 Å². The van der Waals surface area contributed by atoms with Gasteiger partial charge in [-0.3, -0.25) is 9.59 Å². The fraction of sp³-hybridized carbons (Fsp3) is 0.550. The number of nitrogens with zero attached hydrogens (tertiary/aromatic N) is 3. The van der Waals surface area contributed by atoms with Gasteiger partial charge in [-0.05, 0) is 56.9 Å². The Kier molecular flexibility index (Phi) is 5.28. The Morgan fingerprint density at radius 3 is 2.35 bits per heavy atom. The number of ether oxygens (including phenoxy) is 1. The molecule has 0 spiro atoms. The first-order valence-corrected chi connectivity index (χ1v) is 9.12. The van der Waals surface area contributed by atoms with Crippen molar-refractivity contribution in [1.82, 2.24) is 9.80 Å². The molecule has 2 aliphatic rings. The first kappa shape index (κ1) is 18.4. The molecule has 0 bridgehead atoms. The lowest BCUT2D eigenvalue weighted by Gasteiger charge is -2.53. The average molecular weight is 355 g/mol. The van der Waals surface area contributed by atoms with Crippen molar-refractivity contribution in [3.05, 3.63) is 35.4 Å². The highest BCUT2D eigenvalue weighted by Crippen LogP contribution is 2.36. The second-order valence-corrected chi connectivity index (χ2v) is 7.30. The molecule has 0 radical (unpaired) electrons. The van der Waals surface area contributed by atoms with Crippen molar-refractivity contribution >= 4 is 11.8 Å². The van der Waals surface area contributed by atoms with Gasteiger partial charge in [0.25, 0.3) is 11.8 Å². The molecule has 2 aliphatic heterocycles. The number of hydrogen-bond acceptors (Lipinski definition) is 4. The van der Waals surface area contributed by atoms with E-state index in [2.05, 4.69) is 6.07 Å². The van der Waals surface area contributed by atoms with E-state index in [0.717, 1.165) is 12.8 Å². The van der Waals surface area contributed by atoms with Crippen LogP contribution in [0.4, 0.5) is 0 Å². The summed E-state index contributed by atoms with van der Waals surface area (Å²) in [4.78, 5) is 28.7. The van der Waals surface area contributed by atoms with Gasteiger partial charge in [-0.1, -0.05) is 0 Å². The third kappa shape index (κ3) is 3.19. The van der Waals surface area contributed by atoms with Crippen molar-refractivity contribution in [3.8, 4) is 6.07 Å². The summed E-state index contributed by atoms with van der Waals surface area (Å²) in [6.45, 7) is 5.41. The summed E-state index contributed by atoms with van der Waals surface area (Å²) in [5.74, 6) is 0.426. The van der Waals surface area contributed by atoms with Crippen molar-refractivity contribution in [1.29, 1.82) is 5.26 Å². The lowest BCUT2D eigenvalue weighted by Crippen LogP contribution is -2.70. The summed E-state index contributed by atoms with van der Waals surface area (Å²) in [5, 5.41) is 8.86. The summed E-state index contributed by atoms with van der Waals surface area (Å²) < 4.78 is 5.41. The number of hydrogen-bond donors (Lipinski definition) is 0. The maximum Gasteiger partial charge on any atom is 0.254 e. The molecule has 138 valence electrons. The number of β-lactam (4-membered cyclic amide) rings is 1. The van der Waals surface area contributed by atoms with Crippen LogP contribution in [0.2, 0.25) is 0 Å². The highest BCUT2D eigenvalue weighted by Gasteiger charge is 2.52. The molecule has 0 saturated carbocycles. The van der Waals surface area contributed by atoms with Gasteiger partial charge in [0.05, 0.1) is 17.7 Å². The monoisotopic (exact) mass is 355 g/mol. The van der Waals surface area contributed by atoms with Gasteiger partial charge in [0.2, 0.25) is 0 Å². The molecular weight excluding hydrogens is 330 g/mol. The van der Waals surface area contributed by atoms with E-state index in [1.54, 1.807) is 31.4 Å². The van der Waals surface area contributed by atoms with E-state index in [1.165, 1.54) is 0 Å². The first-order valence-electron chi connectivity index (χ1n) is 9.12. The third-order valence-electron chi connectivity index (χ3n) is 5.51. The largest absolute Gasteiger partial charge is 0.369 e. The Morgan fingerprint density at radius 2 is 1.85 bits per heavy atom. The van der Waals surface area contributed by atoms with E-state index in [-0.39, 0.29) is 30.0 Å². The van der Waals surface area contributed by atoms with Crippen LogP contribution in [0, 0.1) is 17.2 Å². The average Bonchev–Trinajstić information content (AvgIpc) is 2.65. The summed E-state index contributed by atoms with van der Waals surface area (Å²) in [6.07, 6.45) is 1.38. The van der Waals surface area contributed by atoms with Crippen molar-refractivity contribution in [2.75, 3.05) is 20.2 Å². The number of methoxy groups -OCH3 is 1. The van der Waals surface area contributed by atoms with Gasteiger partial charge in [0.1, 0.15) is 0 Å². The van der Waals surface area contributed by atoms with Crippen LogP contribution < -0.4 is 0 Å². The number of likely N-dealkylation sites (tertiary alicyclic amines) is 2. The zero-order chi connectivity index (χ0) is 18.8. The lowest BCUT2D eigenvalue weighted by atomic mass is 9.79. The number of carbonyl (C=O) groups is 2. The van der Waals surface area contributed by atoms with Gasteiger partial charge in [-0.25, -0.2) is 0 Å². The number of nitriles is 1. The Labute approximate surface area is 154 Å². The SMILES string of the molecule is CO[C@H]1C(=O)N(C(C)C)[C@H]1C1CCN(C(=O)c2ccc(C#N)cc2)CC1. The second kappa shape index (κ2) is 7.46. The molecule has 6 nitrogen and oxygen atoms in total. The van der Waals surface area contributed by atoms with Crippen LogP contribution in [0.25, 0.3) is 0 Å². The smallest absolute Gasteiger partial charge is 0.254 e. The maximum absolute atomic E-state index is 12.7. The molecule has 2 atom stereocenters. The van der Waals surface area contributed by atoms with E-state index in [9.17, 15) is 9.59 Å². The van der Waals surface area contributed by atoms with Gasteiger partial charge >= 0.3 is 0 Å².